The van der Waals surface area contributed by atoms with Gasteiger partial charge in [-0.15, -0.1) is 0 Å². The fourth-order valence-corrected chi connectivity index (χ4v) is 3.32. The lowest BCUT2D eigenvalue weighted by Gasteiger charge is -2.15. The average molecular weight is 473 g/mol. The van der Waals surface area contributed by atoms with Gasteiger partial charge in [-0.3, -0.25) is 9.59 Å². The second-order valence-corrected chi connectivity index (χ2v) is 7.11. The number of H-pyrrole nitrogens is 1. The number of carbonyl (C=O) groups excluding carboxylic acids is 1. The minimum Gasteiger partial charge on any atom is -0.494 e. The molecule has 0 saturated carbocycles. The van der Waals surface area contributed by atoms with Crippen molar-refractivity contribution in [2.45, 2.75) is 13.8 Å². The fraction of sp³-hybridized carbons (Fsp3) is 0.200. The maximum atomic E-state index is 12.4. The van der Waals surface area contributed by atoms with E-state index >= 15 is 0 Å². The van der Waals surface area contributed by atoms with Crippen LogP contribution >= 0.6 is 0 Å². The minimum absolute atomic E-state index is 0.0352. The van der Waals surface area contributed by atoms with Crippen LogP contribution in [0.15, 0.2) is 47.3 Å². The highest BCUT2D eigenvalue weighted by atomic mass is 16.5. The van der Waals surface area contributed by atoms with E-state index in [4.69, 9.17) is 19.9 Å². The Hall–Kier alpha value is -4.96. The lowest BCUT2D eigenvalue weighted by Crippen LogP contribution is -2.20. The number of benzene rings is 2. The summed E-state index contributed by atoms with van der Waals surface area (Å²) in [6, 6.07) is 15.3. The second-order valence-electron chi connectivity index (χ2n) is 7.11. The Morgan fingerprint density at radius 3 is 2.29 bits per heavy atom. The van der Waals surface area contributed by atoms with Crippen molar-refractivity contribution in [1.82, 2.24) is 4.98 Å². The zero-order valence-corrected chi connectivity index (χ0v) is 19.2. The summed E-state index contributed by atoms with van der Waals surface area (Å²) < 4.78 is 16.7. The molecule has 0 aliphatic rings. The van der Waals surface area contributed by atoms with Gasteiger partial charge in [0.15, 0.2) is 18.1 Å². The molecular weight excluding hydrogens is 450 g/mol. The first-order chi connectivity index (χ1) is 16.9. The van der Waals surface area contributed by atoms with Crippen molar-refractivity contribution < 1.29 is 19.0 Å². The van der Waals surface area contributed by atoms with E-state index in [1.807, 2.05) is 19.1 Å². The predicted molar refractivity (Wildman–Crippen MR) is 129 cm³/mol. The number of anilines is 2. The summed E-state index contributed by atoms with van der Waals surface area (Å²) in [6.45, 7) is 4.19. The van der Waals surface area contributed by atoms with Crippen molar-refractivity contribution in [2.24, 2.45) is 0 Å². The van der Waals surface area contributed by atoms with E-state index in [0.717, 1.165) is 0 Å². The molecule has 0 aliphatic heterocycles. The number of ether oxygens (including phenoxy) is 3. The monoisotopic (exact) mass is 473 g/mol. The first kappa shape index (κ1) is 24.7. The van der Waals surface area contributed by atoms with Crippen molar-refractivity contribution in [3.05, 3.63) is 63.9 Å². The van der Waals surface area contributed by atoms with Crippen LogP contribution in [0.4, 0.5) is 11.5 Å². The van der Waals surface area contributed by atoms with Gasteiger partial charge in [-0.25, -0.2) is 0 Å². The maximum Gasteiger partial charge on any atom is 0.268 e. The van der Waals surface area contributed by atoms with E-state index in [-0.39, 0.29) is 53.1 Å². The van der Waals surface area contributed by atoms with E-state index in [0.29, 0.717) is 23.6 Å². The summed E-state index contributed by atoms with van der Waals surface area (Å²) in [5.74, 6) is 0.708. The standard InChI is InChI=1S/C25H23N5O5/c1-3-33-17-8-6-16(7-9-17)29-22(31)14-35-20-10-5-15(11-21(20)34-4-2)23-18(12-26)24(28)30-25(32)19(23)13-27/h5-11H,3-4,14H2,1-2H3,(H,29,31)(H3,28,30,32). The van der Waals surface area contributed by atoms with Crippen LogP contribution in [0.5, 0.6) is 17.2 Å². The molecule has 10 nitrogen and oxygen atoms in total. The van der Waals surface area contributed by atoms with Crippen LogP contribution in [0.2, 0.25) is 0 Å². The number of nitrogen functional groups attached to an aromatic ring is 1. The van der Waals surface area contributed by atoms with Crippen LogP contribution in [0.25, 0.3) is 11.1 Å². The highest BCUT2D eigenvalue weighted by Gasteiger charge is 2.20. The van der Waals surface area contributed by atoms with Crippen LogP contribution in [0, 0.1) is 22.7 Å². The largest absolute Gasteiger partial charge is 0.494 e. The smallest absolute Gasteiger partial charge is 0.268 e. The van der Waals surface area contributed by atoms with Crippen LogP contribution in [0.1, 0.15) is 25.0 Å². The average Bonchev–Trinajstić information content (AvgIpc) is 2.84. The van der Waals surface area contributed by atoms with Crippen LogP contribution in [0.3, 0.4) is 0 Å². The summed E-state index contributed by atoms with van der Waals surface area (Å²) >= 11 is 0. The van der Waals surface area contributed by atoms with Gasteiger partial charge in [-0.2, -0.15) is 10.5 Å². The van der Waals surface area contributed by atoms with E-state index in [9.17, 15) is 20.1 Å². The number of pyridine rings is 1. The van der Waals surface area contributed by atoms with Crippen molar-refractivity contribution in [1.29, 1.82) is 10.5 Å². The number of nitrogens with one attached hydrogen (secondary N) is 2. The Bertz CT molecular complexity index is 1370. The SMILES string of the molecule is CCOc1ccc(NC(=O)COc2ccc(-c3c(C#N)c(N)[nH]c(=O)c3C#N)cc2OCC)cc1. The molecule has 3 rings (SSSR count). The molecule has 2 aromatic carbocycles. The zero-order valence-electron chi connectivity index (χ0n) is 19.2. The second kappa shape index (κ2) is 11.3. The Morgan fingerprint density at radius 1 is 0.971 bits per heavy atom. The number of aromatic amines is 1. The molecule has 1 amide bonds. The molecule has 0 spiro atoms. The highest BCUT2D eigenvalue weighted by Crippen LogP contribution is 2.35. The van der Waals surface area contributed by atoms with Gasteiger partial charge >= 0.3 is 0 Å². The quantitative estimate of drug-likeness (QED) is 0.426. The van der Waals surface area contributed by atoms with Gasteiger partial charge in [0, 0.05) is 11.3 Å². The number of amides is 1. The normalized spacial score (nSPS) is 10.1. The van der Waals surface area contributed by atoms with Crippen molar-refractivity contribution in [3.8, 4) is 40.5 Å². The molecule has 178 valence electrons. The number of hydrogen-bond donors (Lipinski definition) is 3. The molecule has 1 heterocycles. The van der Waals surface area contributed by atoms with Crippen LogP contribution in [-0.4, -0.2) is 30.7 Å². The Labute approximate surface area is 201 Å². The number of carbonyl (C=O) groups is 1. The molecule has 0 aliphatic carbocycles. The number of nitriles is 2. The third-order valence-corrected chi connectivity index (χ3v) is 4.81. The molecule has 0 bridgehead atoms. The lowest BCUT2D eigenvalue weighted by atomic mass is 9.96. The molecule has 10 heteroatoms. The summed E-state index contributed by atoms with van der Waals surface area (Å²) in [6.07, 6.45) is 0. The summed E-state index contributed by atoms with van der Waals surface area (Å²) in [5.41, 5.74) is 5.85. The number of hydrogen-bond acceptors (Lipinski definition) is 8. The molecule has 0 saturated heterocycles. The summed E-state index contributed by atoms with van der Waals surface area (Å²) in [4.78, 5) is 26.9. The summed E-state index contributed by atoms with van der Waals surface area (Å²) in [7, 11) is 0. The number of rotatable bonds is 9. The van der Waals surface area contributed by atoms with Gasteiger partial charge in [0.25, 0.3) is 11.5 Å². The van der Waals surface area contributed by atoms with Gasteiger partial charge in [0.05, 0.1) is 13.2 Å². The van der Waals surface area contributed by atoms with Crippen LogP contribution in [-0.2, 0) is 4.79 Å². The number of nitrogens with two attached hydrogens (primary N) is 1. The molecule has 3 aromatic rings. The van der Waals surface area contributed by atoms with E-state index < -0.39 is 5.56 Å². The van der Waals surface area contributed by atoms with Crippen molar-refractivity contribution in [2.75, 3.05) is 30.9 Å². The zero-order chi connectivity index (χ0) is 25.4. The van der Waals surface area contributed by atoms with Crippen molar-refractivity contribution in [3.63, 3.8) is 0 Å². The molecule has 4 N–H and O–H groups in total. The van der Waals surface area contributed by atoms with Gasteiger partial charge in [0.2, 0.25) is 0 Å². The first-order valence-electron chi connectivity index (χ1n) is 10.7. The number of aromatic nitrogens is 1. The molecule has 0 fully saturated rings. The van der Waals surface area contributed by atoms with Gasteiger partial charge in [-0.05, 0) is 55.8 Å². The molecule has 0 radical (unpaired) electrons. The molecular formula is C25H23N5O5. The first-order valence-corrected chi connectivity index (χ1v) is 10.7. The Kier molecular flexibility index (Phi) is 7.94. The fourth-order valence-electron chi connectivity index (χ4n) is 3.32. The Balaban J connectivity index is 1.83. The summed E-state index contributed by atoms with van der Waals surface area (Å²) in [5, 5.41) is 21.7. The molecule has 0 unspecified atom stereocenters. The molecule has 1 aromatic heterocycles. The Morgan fingerprint density at radius 2 is 1.66 bits per heavy atom. The molecule has 35 heavy (non-hydrogen) atoms. The van der Waals surface area contributed by atoms with E-state index in [2.05, 4.69) is 10.3 Å². The van der Waals surface area contributed by atoms with E-state index in [1.54, 1.807) is 37.3 Å². The third-order valence-electron chi connectivity index (χ3n) is 4.81. The third kappa shape index (κ3) is 5.70. The van der Waals surface area contributed by atoms with Gasteiger partial charge < -0.3 is 30.2 Å². The predicted octanol–water partition coefficient (Wildman–Crippen LogP) is 3.18. The maximum absolute atomic E-state index is 12.4. The van der Waals surface area contributed by atoms with Crippen molar-refractivity contribution >= 4 is 17.4 Å². The number of nitrogens with zero attached hydrogens (tertiary/aromatic N) is 2. The highest BCUT2D eigenvalue weighted by molar-refractivity contribution is 5.92. The molecule has 0 atom stereocenters. The minimum atomic E-state index is -0.705. The van der Waals surface area contributed by atoms with Crippen LogP contribution < -0.4 is 30.8 Å². The topological polar surface area (TPSA) is 163 Å². The van der Waals surface area contributed by atoms with Gasteiger partial charge in [-0.1, -0.05) is 6.07 Å². The van der Waals surface area contributed by atoms with Gasteiger partial charge in [0.1, 0.15) is 34.8 Å². The lowest BCUT2D eigenvalue weighted by molar-refractivity contribution is -0.118. The van der Waals surface area contributed by atoms with E-state index in [1.165, 1.54) is 12.1 Å².